The van der Waals surface area contributed by atoms with Crippen LogP contribution in [0.2, 0.25) is 0 Å². The highest BCUT2D eigenvalue weighted by atomic mass is 19.1. The van der Waals surface area contributed by atoms with Gasteiger partial charge in [-0.15, -0.1) is 0 Å². The van der Waals surface area contributed by atoms with Crippen molar-refractivity contribution in [1.82, 2.24) is 10.2 Å². The van der Waals surface area contributed by atoms with Crippen molar-refractivity contribution in [2.75, 3.05) is 19.6 Å². The van der Waals surface area contributed by atoms with Gasteiger partial charge in [0.2, 0.25) is 5.91 Å². The average Bonchev–Trinajstić information content (AvgIpc) is 2.85. The van der Waals surface area contributed by atoms with Crippen LogP contribution in [0.5, 0.6) is 0 Å². The van der Waals surface area contributed by atoms with E-state index in [1.165, 1.54) is 31.4 Å². The van der Waals surface area contributed by atoms with Crippen LogP contribution in [0.15, 0.2) is 24.3 Å². The van der Waals surface area contributed by atoms with E-state index in [4.69, 9.17) is 0 Å². The Balaban J connectivity index is 1.08. The van der Waals surface area contributed by atoms with E-state index < -0.39 is 5.60 Å². The Bertz CT molecular complexity index is 830. The fourth-order valence-electron chi connectivity index (χ4n) is 6.28. The normalized spacial score (nSPS) is 30.7. The first-order valence-corrected chi connectivity index (χ1v) is 13.8. The Morgan fingerprint density at radius 3 is 2.23 bits per heavy atom. The number of hydrogen-bond donors (Lipinski definition) is 2. The van der Waals surface area contributed by atoms with Gasteiger partial charge in [-0.2, -0.15) is 0 Å². The summed E-state index contributed by atoms with van der Waals surface area (Å²) in [4.78, 5) is 27.7. The number of carbonyl (C=O) groups excluding carboxylic acids is 2. The molecular formula is C29H43FN2O3. The number of nitrogens with zero attached hydrogens (tertiary/aromatic N) is 1. The Hall–Kier alpha value is -1.79. The monoisotopic (exact) mass is 486 g/mol. The third kappa shape index (κ3) is 7.85. The van der Waals surface area contributed by atoms with Gasteiger partial charge in [-0.25, -0.2) is 4.39 Å². The van der Waals surface area contributed by atoms with Crippen molar-refractivity contribution in [3.8, 4) is 0 Å². The molecule has 1 aromatic carbocycles. The van der Waals surface area contributed by atoms with Gasteiger partial charge in [0.1, 0.15) is 5.82 Å². The molecule has 1 amide bonds. The molecule has 4 rings (SSSR count). The maximum absolute atomic E-state index is 13.1. The summed E-state index contributed by atoms with van der Waals surface area (Å²) in [7, 11) is 0. The summed E-state index contributed by atoms with van der Waals surface area (Å²) in [5, 5.41) is 13.4. The molecule has 0 bridgehead atoms. The first-order chi connectivity index (χ1) is 16.8. The van der Waals surface area contributed by atoms with Crippen molar-refractivity contribution >= 4 is 11.7 Å². The molecule has 2 saturated carbocycles. The zero-order valence-corrected chi connectivity index (χ0v) is 21.3. The lowest BCUT2D eigenvalue weighted by molar-refractivity contribution is -0.123. The van der Waals surface area contributed by atoms with Crippen molar-refractivity contribution in [2.45, 2.75) is 95.6 Å². The largest absolute Gasteiger partial charge is 0.390 e. The van der Waals surface area contributed by atoms with Crippen molar-refractivity contribution in [3.63, 3.8) is 0 Å². The molecule has 0 unspecified atom stereocenters. The molecule has 1 saturated heterocycles. The number of Topliss-reactive ketones (excluding diaryl/α,β-unsaturated/α-hetero) is 1. The predicted molar refractivity (Wildman–Crippen MR) is 136 cm³/mol. The lowest BCUT2D eigenvalue weighted by Crippen LogP contribution is -2.40. The first kappa shape index (κ1) is 26.3. The number of amides is 1. The third-order valence-corrected chi connectivity index (χ3v) is 8.81. The molecular weight excluding hydrogens is 443 g/mol. The summed E-state index contributed by atoms with van der Waals surface area (Å²) in [6.07, 6.45) is 11.6. The minimum Gasteiger partial charge on any atom is -0.390 e. The molecule has 6 heteroatoms. The minimum absolute atomic E-state index is 0.0533. The van der Waals surface area contributed by atoms with Crippen LogP contribution in [0.25, 0.3) is 0 Å². The van der Waals surface area contributed by atoms with E-state index in [1.807, 2.05) is 6.92 Å². The van der Waals surface area contributed by atoms with Crippen molar-refractivity contribution < 1.29 is 19.1 Å². The quantitative estimate of drug-likeness (QED) is 0.501. The first-order valence-electron chi connectivity index (χ1n) is 13.8. The molecule has 0 spiro atoms. The number of piperidine rings is 1. The van der Waals surface area contributed by atoms with Crippen LogP contribution in [-0.2, 0) is 4.79 Å². The summed E-state index contributed by atoms with van der Waals surface area (Å²) in [6.45, 7) is 4.91. The van der Waals surface area contributed by atoms with Crippen LogP contribution in [0.3, 0.4) is 0 Å². The van der Waals surface area contributed by atoms with Crippen LogP contribution in [-0.4, -0.2) is 53.0 Å². The molecule has 1 aromatic rings. The van der Waals surface area contributed by atoms with Crippen LogP contribution in [0, 0.1) is 23.6 Å². The molecule has 2 N–H and O–H groups in total. The number of benzene rings is 1. The average molecular weight is 487 g/mol. The molecule has 2 aliphatic carbocycles. The SMILES string of the molecule is C[C@]1(O)CC[C@@H](CC(=O)NC2CCC(CCN3CCC(C(=O)c4ccc(F)cc4)CC3)CC2)CC1. The summed E-state index contributed by atoms with van der Waals surface area (Å²) in [6, 6.07) is 6.25. The molecule has 0 aromatic heterocycles. The van der Waals surface area contributed by atoms with Gasteiger partial charge in [0, 0.05) is 23.9 Å². The fourth-order valence-corrected chi connectivity index (χ4v) is 6.28. The molecule has 35 heavy (non-hydrogen) atoms. The van der Waals surface area contributed by atoms with Gasteiger partial charge in [-0.1, -0.05) is 0 Å². The maximum Gasteiger partial charge on any atom is 0.220 e. The van der Waals surface area contributed by atoms with Crippen LogP contribution < -0.4 is 5.32 Å². The summed E-state index contributed by atoms with van der Waals surface area (Å²) < 4.78 is 13.1. The van der Waals surface area contributed by atoms with Gasteiger partial charge >= 0.3 is 0 Å². The molecule has 3 fully saturated rings. The predicted octanol–water partition coefficient (Wildman–Crippen LogP) is 5.12. The minimum atomic E-state index is -0.539. The van der Waals surface area contributed by atoms with E-state index >= 15 is 0 Å². The molecule has 1 heterocycles. The zero-order chi connectivity index (χ0) is 24.8. The highest BCUT2D eigenvalue weighted by Crippen LogP contribution is 2.34. The van der Waals surface area contributed by atoms with Gasteiger partial charge in [0.05, 0.1) is 5.60 Å². The lowest BCUT2D eigenvalue weighted by Gasteiger charge is -2.35. The fraction of sp³-hybridized carbons (Fsp3) is 0.724. The number of ketones is 1. The number of rotatable bonds is 8. The zero-order valence-electron chi connectivity index (χ0n) is 21.3. The smallest absolute Gasteiger partial charge is 0.220 e. The Morgan fingerprint density at radius 1 is 0.971 bits per heavy atom. The van der Waals surface area contributed by atoms with Crippen molar-refractivity contribution in [1.29, 1.82) is 0 Å². The third-order valence-electron chi connectivity index (χ3n) is 8.81. The van der Waals surface area contributed by atoms with E-state index in [0.717, 1.165) is 76.9 Å². The molecule has 0 atom stereocenters. The topological polar surface area (TPSA) is 69.6 Å². The number of halogens is 1. The second-order valence-corrected chi connectivity index (χ2v) is 11.7. The van der Waals surface area contributed by atoms with Gasteiger partial charge in [-0.3, -0.25) is 9.59 Å². The second-order valence-electron chi connectivity index (χ2n) is 11.7. The lowest BCUT2D eigenvalue weighted by atomic mass is 9.78. The number of aliphatic hydroxyl groups is 1. The molecule has 194 valence electrons. The van der Waals surface area contributed by atoms with Crippen LogP contribution in [0.4, 0.5) is 4.39 Å². The summed E-state index contributed by atoms with van der Waals surface area (Å²) in [5.41, 5.74) is 0.0865. The number of hydrogen-bond acceptors (Lipinski definition) is 4. The number of nitrogens with one attached hydrogen (secondary N) is 1. The van der Waals surface area contributed by atoms with Crippen molar-refractivity contribution in [2.24, 2.45) is 17.8 Å². The van der Waals surface area contributed by atoms with Gasteiger partial charge in [0.15, 0.2) is 5.78 Å². The van der Waals surface area contributed by atoms with Gasteiger partial charge in [-0.05, 0) is 133 Å². The molecule has 3 aliphatic rings. The van der Waals surface area contributed by atoms with E-state index in [1.54, 1.807) is 12.1 Å². The molecule has 5 nitrogen and oxygen atoms in total. The molecule has 0 radical (unpaired) electrons. The van der Waals surface area contributed by atoms with Crippen LogP contribution in [0.1, 0.15) is 94.3 Å². The Morgan fingerprint density at radius 2 is 1.60 bits per heavy atom. The number of likely N-dealkylation sites (tertiary alicyclic amines) is 1. The second kappa shape index (κ2) is 12.0. The van der Waals surface area contributed by atoms with E-state index in [9.17, 15) is 19.1 Å². The highest BCUT2D eigenvalue weighted by molar-refractivity contribution is 5.97. The maximum atomic E-state index is 13.1. The Kier molecular flexibility index (Phi) is 8.98. The Labute approximate surface area is 209 Å². The van der Waals surface area contributed by atoms with Crippen molar-refractivity contribution in [3.05, 3.63) is 35.6 Å². The standard InChI is InChI=1S/C29H43FN2O3/c1-29(35)15-10-22(11-16-29)20-27(33)31-26-8-2-21(3-9-26)12-17-32-18-13-24(14-19-32)28(34)23-4-6-25(30)7-5-23/h4-7,21-22,24,26,35H,2-3,8-20H2,1H3,(H,31,33)/t21?,22-,26?,29+. The summed E-state index contributed by atoms with van der Waals surface area (Å²) >= 11 is 0. The summed E-state index contributed by atoms with van der Waals surface area (Å²) in [5.74, 6) is 1.24. The highest BCUT2D eigenvalue weighted by Gasteiger charge is 2.31. The van der Waals surface area contributed by atoms with Gasteiger partial charge < -0.3 is 15.3 Å². The molecule has 1 aliphatic heterocycles. The van der Waals surface area contributed by atoms with E-state index in [-0.39, 0.29) is 23.4 Å². The van der Waals surface area contributed by atoms with E-state index in [2.05, 4.69) is 10.2 Å². The number of carbonyl (C=O) groups is 2. The van der Waals surface area contributed by atoms with E-state index in [0.29, 0.717) is 23.9 Å². The van der Waals surface area contributed by atoms with Gasteiger partial charge in [0.25, 0.3) is 0 Å². The van der Waals surface area contributed by atoms with Crippen LogP contribution >= 0.6 is 0 Å².